The number of carbonyl (C=O) groups is 1. The van der Waals surface area contributed by atoms with Crippen molar-refractivity contribution in [3.8, 4) is 0 Å². The van der Waals surface area contributed by atoms with E-state index in [-0.39, 0.29) is 11.7 Å². The van der Waals surface area contributed by atoms with Gasteiger partial charge in [-0.15, -0.1) is 0 Å². The number of piperidine rings is 1. The number of carbonyl (C=O) groups excluding carboxylic acids is 1. The van der Waals surface area contributed by atoms with Gasteiger partial charge in [0.15, 0.2) is 9.84 Å². The van der Waals surface area contributed by atoms with Crippen LogP contribution in [0.2, 0.25) is 0 Å². The average Bonchev–Trinajstić information content (AvgIpc) is 3.00. The normalized spacial score (nSPS) is 34.0. The summed E-state index contributed by atoms with van der Waals surface area (Å²) in [5.41, 5.74) is 0. The van der Waals surface area contributed by atoms with E-state index in [2.05, 4.69) is 5.32 Å². The predicted octanol–water partition coefficient (Wildman–Crippen LogP) is 0.944. The van der Waals surface area contributed by atoms with Crippen molar-refractivity contribution in [3.05, 3.63) is 0 Å². The van der Waals surface area contributed by atoms with Crippen molar-refractivity contribution in [2.24, 2.45) is 5.92 Å². The first-order chi connectivity index (χ1) is 10.1. The highest BCUT2D eigenvalue weighted by Gasteiger charge is 2.39. The van der Waals surface area contributed by atoms with Gasteiger partial charge >= 0.3 is 0 Å². The highest BCUT2D eigenvalue weighted by molar-refractivity contribution is 7.92. The molecule has 3 aliphatic rings. The number of nitrogens with zero attached hydrogens (tertiary/aromatic N) is 1. The van der Waals surface area contributed by atoms with Crippen molar-refractivity contribution in [1.29, 1.82) is 0 Å². The van der Waals surface area contributed by atoms with E-state index >= 15 is 0 Å². The van der Waals surface area contributed by atoms with Crippen LogP contribution in [0.15, 0.2) is 0 Å². The Morgan fingerprint density at radius 1 is 1.00 bits per heavy atom. The molecule has 2 atom stereocenters. The van der Waals surface area contributed by atoms with Crippen LogP contribution in [-0.2, 0) is 14.6 Å². The highest BCUT2D eigenvalue weighted by atomic mass is 32.2. The number of hydrogen-bond acceptors (Lipinski definition) is 4. The maximum absolute atomic E-state index is 12.5. The molecule has 120 valence electrons. The molecule has 3 fully saturated rings. The molecule has 0 aromatic carbocycles. The van der Waals surface area contributed by atoms with E-state index in [1.165, 1.54) is 12.8 Å². The highest BCUT2D eigenvalue weighted by Crippen LogP contribution is 2.28. The number of likely N-dealkylation sites (tertiary alicyclic amines) is 1. The summed E-state index contributed by atoms with van der Waals surface area (Å²) in [4.78, 5) is 14.3. The Kier molecular flexibility index (Phi) is 4.54. The minimum Gasteiger partial charge on any atom is -0.342 e. The standard InChI is InChI=1S/C15H26N2O3S/c18-15(14-5-1-2-11-21(14,19)20)17-9-6-12(7-10-17)13-4-3-8-16-13/h12-14,16H,1-11H2. The van der Waals surface area contributed by atoms with Gasteiger partial charge in [0.25, 0.3) is 0 Å². The summed E-state index contributed by atoms with van der Waals surface area (Å²) in [5, 5.41) is 2.79. The Bertz CT molecular complexity index is 477. The van der Waals surface area contributed by atoms with Gasteiger partial charge in [-0.05, 0) is 51.0 Å². The molecule has 3 heterocycles. The molecule has 1 amide bonds. The third-order valence-corrected chi connectivity index (χ3v) is 7.53. The van der Waals surface area contributed by atoms with Gasteiger partial charge in [0.2, 0.25) is 5.91 Å². The monoisotopic (exact) mass is 314 g/mol. The van der Waals surface area contributed by atoms with Crippen LogP contribution < -0.4 is 5.32 Å². The van der Waals surface area contributed by atoms with Crippen LogP contribution in [0.25, 0.3) is 0 Å². The minimum atomic E-state index is -3.20. The Balaban J connectivity index is 1.57. The lowest BCUT2D eigenvalue weighted by Crippen LogP contribution is -2.49. The summed E-state index contributed by atoms with van der Waals surface area (Å²) < 4.78 is 24.2. The van der Waals surface area contributed by atoms with Crippen molar-refractivity contribution in [3.63, 3.8) is 0 Å². The number of hydrogen-bond donors (Lipinski definition) is 1. The van der Waals surface area contributed by atoms with E-state index in [1.54, 1.807) is 4.90 Å². The van der Waals surface area contributed by atoms with Crippen LogP contribution in [0.5, 0.6) is 0 Å². The van der Waals surface area contributed by atoms with Crippen molar-refractivity contribution >= 4 is 15.7 Å². The van der Waals surface area contributed by atoms with Crippen LogP contribution in [-0.4, -0.2) is 55.9 Å². The van der Waals surface area contributed by atoms with E-state index in [9.17, 15) is 13.2 Å². The van der Waals surface area contributed by atoms with Gasteiger partial charge in [-0.1, -0.05) is 6.42 Å². The lowest BCUT2D eigenvalue weighted by Gasteiger charge is -2.37. The maximum atomic E-state index is 12.5. The van der Waals surface area contributed by atoms with Gasteiger partial charge in [-0.2, -0.15) is 0 Å². The lowest BCUT2D eigenvalue weighted by molar-refractivity contribution is -0.132. The first-order valence-electron chi connectivity index (χ1n) is 8.32. The molecule has 0 aliphatic carbocycles. The Hall–Kier alpha value is -0.620. The molecule has 0 aromatic heterocycles. The molecule has 0 spiro atoms. The molecular formula is C15H26N2O3S. The first-order valence-corrected chi connectivity index (χ1v) is 10.0. The third kappa shape index (κ3) is 3.26. The van der Waals surface area contributed by atoms with E-state index < -0.39 is 15.1 Å². The smallest absolute Gasteiger partial charge is 0.240 e. The predicted molar refractivity (Wildman–Crippen MR) is 81.8 cm³/mol. The van der Waals surface area contributed by atoms with Crippen LogP contribution in [0.1, 0.15) is 44.9 Å². The van der Waals surface area contributed by atoms with E-state index in [0.717, 1.165) is 38.9 Å². The first kappa shape index (κ1) is 15.3. The summed E-state index contributed by atoms with van der Waals surface area (Å²) >= 11 is 0. The summed E-state index contributed by atoms with van der Waals surface area (Å²) in [7, 11) is -3.20. The van der Waals surface area contributed by atoms with Crippen LogP contribution >= 0.6 is 0 Å². The maximum Gasteiger partial charge on any atom is 0.240 e. The largest absolute Gasteiger partial charge is 0.342 e. The number of nitrogens with one attached hydrogen (secondary N) is 1. The quantitative estimate of drug-likeness (QED) is 0.824. The summed E-state index contributed by atoms with van der Waals surface area (Å²) in [6.07, 6.45) is 6.61. The van der Waals surface area contributed by atoms with Crippen LogP contribution in [0, 0.1) is 5.92 Å². The Morgan fingerprint density at radius 3 is 2.38 bits per heavy atom. The Labute approximate surface area is 127 Å². The van der Waals surface area contributed by atoms with E-state index in [1.807, 2.05) is 0 Å². The van der Waals surface area contributed by atoms with Crippen LogP contribution in [0.3, 0.4) is 0 Å². The van der Waals surface area contributed by atoms with Gasteiger partial charge in [0, 0.05) is 19.1 Å². The fourth-order valence-electron chi connectivity index (χ4n) is 4.07. The van der Waals surface area contributed by atoms with Gasteiger partial charge < -0.3 is 10.2 Å². The molecule has 0 aromatic rings. The molecule has 2 unspecified atom stereocenters. The second-order valence-electron chi connectivity index (χ2n) is 6.72. The molecule has 21 heavy (non-hydrogen) atoms. The second-order valence-corrected chi connectivity index (χ2v) is 9.02. The molecule has 0 bridgehead atoms. The van der Waals surface area contributed by atoms with Crippen LogP contribution in [0.4, 0.5) is 0 Å². The number of rotatable bonds is 2. The summed E-state index contributed by atoms with van der Waals surface area (Å²) in [5.74, 6) is 0.707. The van der Waals surface area contributed by atoms with E-state index in [4.69, 9.17) is 0 Å². The molecule has 3 saturated heterocycles. The molecule has 3 aliphatic heterocycles. The van der Waals surface area contributed by atoms with Crippen molar-refractivity contribution < 1.29 is 13.2 Å². The number of sulfone groups is 1. The fourth-order valence-corrected chi connectivity index (χ4v) is 5.94. The zero-order chi connectivity index (χ0) is 14.9. The Morgan fingerprint density at radius 2 is 1.76 bits per heavy atom. The fraction of sp³-hybridized carbons (Fsp3) is 0.933. The molecule has 3 rings (SSSR count). The lowest BCUT2D eigenvalue weighted by atomic mass is 9.88. The molecule has 1 N–H and O–H groups in total. The van der Waals surface area contributed by atoms with Crippen molar-refractivity contribution in [1.82, 2.24) is 10.2 Å². The molecule has 6 heteroatoms. The van der Waals surface area contributed by atoms with Crippen molar-refractivity contribution in [2.45, 2.75) is 56.2 Å². The zero-order valence-corrected chi connectivity index (χ0v) is 13.4. The summed E-state index contributed by atoms with van der Waals surface area (Å²) in [6, 6.07) is 0.612. The van der Waals surface area contributed by atoms with Crippen molar-refractivity contribution in [2.75, 3.05) is 25.4 Å². The van der Waals surface area contributed by atoms with Gasteiger partial charge in [0.05, 0.1) is 5.75 Å². The topological polar surface area (TPSA) is 66.5 Å². The summed E-state index contributed by atoms with van der Waals surface area (Å²) in [6.45, 7) is 2.57. The van der Waals surface area contributed by atoms with E-state index in [0.29, 0.717) is 24.8 Å². The SMILES string of the molecule is O=C(C1CCCCS1(=O)=O)N1CCC(C2CCCN2)CC1. The molecule has 0 radical (unpaired) electrons. The average molecular weight is 314 g/mol. The molecule has 0 saturated carbocycles. The number of amides is 1. The second kappa shape index (κ2) is 6.24. The zero-order valence-electron chi connectivity index (χ0n) is 12.6. The molecular weight excluding hydrogens is 288 g/mol. The third-order valence-electron chi connectivity index (χ3n) is 5.37. The van der Waals surface area contributed by atoms with Gasteiger partial charge in [-0.3, -0.25) is 4.79 Å². The van der Waals surface area contributed by atoms with Gasteiger partial charge in [-0.25, -0.2) is 8.42 Å². The van der Waals surface area contributed by atoms with Gasteiger partial charge in [0.1, 0.15) is 5.25 Å². The minimum absolute atomic E-state index is 0.132. The molecule has 5 nitrogen and oxygen atoms in total.